The Morgan fingerprint density at radius 2 is 1.81 bits per heavy atom. The molecule has 2 aliphatic rings. The van der Waals surface area contributed by atoms with Gasteiger partial charge >= 0.3 is 0 Å². The highest BCUT2D eigenvalue weighted by Gasteiger charge is 2.46. The van der Waals surface area contributed by atoms with E-state index in [2.05, 4.69) is 4.90 Å². The molecule has 7 heteroatoms. The highest BCUT2D eigenvalue weighted by molar-refractivity contribution is 6.46. The number of ether oxygens (including phenoxy) is 2. The molecule has 0 spiro atoms. The van der Waals surface area contributed by atoms with Crippen molar-refractivity contribution in [1.29, 1.82) is 0 Å². The maximum atomic E-state index is 13.0. The fraction of sp³-hybridized carbons (Fsp3) is 0.333. The number of carbonyl (C=O) groups is 2. The van der Waals surface area contributed by atoms with Crippen LogP contribution in [0, 0.1) is 0 Å². The predicted molar refractivity (Wildman–Crippen MR) is 116 cm³/mol. The Bertz CT molecular complexity index is 982. The number of benzene rings is 2. The molecule has 0 aliphatic carbocycles. The SMILES string of the molecule is COc1cccc(C2/C(=C(/O)c3ccccc3)C(=O)C(=O)N2CCN2CCOCC2)c1. The number of carbonyl (C=O) groups excluding carboxylic acids is 2. The lowest BCUT2D eigenvalue weighted by Crippen LogP contribution is -2.42. The van der Waals surface area contributed by atoms with E-state index in [0.717, 1.165) is 18.7 Å². The summed E-state index contributed by atoms with van der Waals surface area (Å²) in [6, 6.07) is 15.4. The van der Waals surface area contributed by atoms with E-state index in [-0.39, 0.29) is 11.3 Å². The zero-order valence-corrected chi connectivity index (χ0v) is 17.5. The largest absolute Gasteiger partial charge is 0.507 e. The summed E-state index contributed by atoms with van der Waals surface area (Å²) in [4.78, 5) is 29.8. The first-order valence-electron chi connectivity index (χ1n) is 10.4. The maximum Gasteiger partial charge on any atom is 0.295 e. The second kappa shape index (κ2) is 9.32. The monoisotopic (exact) mass is 422 g/mol. The molecule has 1 N–H and O–H groups in total. The maximum absolute atomic E-state index is 13.0. The van der Waals surface area contributed by atoms with Gasteiger partial charge in [-0.15, -0.1) is 0 Å². The molecule has 2 aromatic carbocycles. The molecule has 4 rings (SSSR count). The minimum absolute atomic E-state index is 0.103. The average molecular weight is 422 g/mol. The quantitative estimate of drug-likeness (QED) is 0.438. The Labute approximate surface area is 181 Å². The van der Waals surface area contributed by atoms with Gasteiger partial charge in [0.25, 0.3) is 11.7 Å². The number of Topliss-reactive ketones (excluding diaryl/α,β-unsaturated/α-hetero) is 1. The van der Waals surface area contributed by atoms with Crippen LogP contribution >= 0.6 is 0 Å². The van der Waals surface area contributed by atoms with Crippen molar-refractivity contribution in [1.82, 2.24) is 9.80 Å². The fourth-order valence-corrected chi connectivity index (χ4v) is 4.09. The van der Waals surface area contributed by atoms with Gasteiger partial charge in [0.15, 0.2) is 0 Å². The van der Waals surface area contributed by atoms with Gasteiger partial charge in [0.1, 0.15) is 11.5 Å². The van der Waals surface area contributed by atoms with Crippen LogP contribution in [-0.2, 0) is 14.3 Å². The number of amides is 1. The van der Waals surface area contributed by atoms with Crippen LogP contribution in [0.1, 0.15) is 17.2 Å². The van der Waals surface area contributed by atoms with Crippen molar-refractivity contribution in [3.8, 4) is 5.75 Å². The van der Waals surface area contributed by atoms with Crippen LogP contribution in [0.3, 0.4) is 0 Å². The number of nitrogens with zero attached hydrogens (tertiary/aromatic N) is 2. The minimum Gasteiger partial charge on any atom is -0.507 e. The number of hydrogen-bond acceptors (Lipinski definition) is 6. The van der Waals surface area contributed by atoms with Gasteiger partial charge in [-0.2, -0.15) is 0 Å². The van der Waals surface area contributed by atoms with E-state index < -0.39 is 17.7 Å². The molecule has 0 aromatic heterocycles. The second-order valence-corrected chi connectivity index (χ2v) is 7.59. The topological polar surface area (TPSA) is 79.3 Å². The number of aliphatic hydroxyl groups excluding tert-OH is 1. The smallest absolute Gasteiger partial charge is 0.295 e. The molecule has 2 heterocycles. The summed E-state index contributed by atoms with van der Waals surface area (Å²) in [5, 5.41) is 11.0. The molecule has 0 bridgehead atoms. The molecule has 31 heavy (non-hydrogen) atoms. The molecular formula is C24H26N2O5. The number of rotatable bonds is 6. The van der Waals surface area contributed by atoms with E-state index in [1.54, 1.807) is 48.4 Å². The van der Waals surface area contributed by atoms with Crippen LogP contribution in [0.15, 0.2) is 60.2 Å². The highest BCUT2D eigenvalue weighted by Crippen LogP contribution is 2.40. The lowest BCUT2D eigenvalue weighted by molar-refractivity contribution is -0.140. The van der Waals surface area contributed by atoms with Gasteiger partial charge in [0.2, 0.25) is 0 Å². The Hall–Kier alpha value is -3.16. The van der Waals surface area contributed by atoms with Gasteiger partial charge in [-0.1, -0.05) is 42.5 Å². The van der Waals surface area contributed by atoms with Crippen LogP contribution in [0.25, 0.3) is 5.76 Å². The third-order valence-corrected chi connectivity index (χ3v) is 5.76. The molecule has 2 aliphatic heterocycles. The van der Waals surface area contributed by atoms with Crippen molar-refractivity contribution in [2.45, 2.75) is 6.04 Å². The van der Waals surface area contributed by atoms with Crippen molar-refractivity contribution in [3.05, 3.63) is 71.3 Å². The average Bonchev–Trinajstić information content (AvgIpc) is 3.08. The van der Waals surface area contributed by atoms with E-state index in [9.17, 15) is 14.7 Å². The van der Waals surface area contributed by atoms with Crippen LogP contribution in [0.2, 0.25) is 0 Å². The molecule has 2 saturated heterocycles. The number of aliphatic hydroxyl groups is 1. The van der Waals surface area contributed by atoms with E-state index >= 15 is 0 Å². The van der Waals surface area contributed by atoms with Crippen molar-refractivity contribution in [3.63, 3.8) is 0 Å². The first-order valence-corrected chi connectivity index (χ1v) is 10.4. The minimum atomic E-state index is -0.684. The van der Waals surface area contributed by atoms with Gasteiger partial charge < -0.3 is 19.5 Å². The molecule has 2 fully saturated rings. The third-order valence-electron chi connectivity index (χ3n) is 5.76. The zero-order valence-electron chi connectivity index (χ0n) is 17.5. The van der Waals surface area contributed by atoms with Crippen molar-refractivity contribution in [2.24, 2.45) is 0 Å². The number of morpholine rings is 1. The van der Waals surface area contributed by atoms with Crippen molar-refractivity contribution in [2.75, 3.05) is 46.5 Å². The molecule has 1 atom stereocenters. The molecular weight excluding hydrogens is 396 g/mol. The van der Waals surface area contributed by atoms with E-state index in [1.807, 2.05) is 18.2 Å². The van der Waals surface area contributed by atoms with Gasteiger partial charge in [-0.05, 0) is 17.7 Å². The third kappa shape index (κ3) is 4.33. The normalized spacial score (nSPS) is 21.5. The number of likely N-dealkylation sites (tertiary alicyclic amines) is 1. The van der Waals surface area contributed by atoms with Gasteiger partial charge in [-0.3, -0.25) is 14.5 Å². The number of hydrogen-bond donors (Lipinski definition) is 1. The van der Waals surface area contributed by atoms with E-state index in [4.69, 9.17) is 9.47 Å². The fourth-order valence-electron chi connectivity index (χ4n) is 4.09. The summed E-state index contributed by atoms with van der Waals surface area (Å²) in [5.41, 5.74) is 1.33. The number of methoxy groups -OCH3 is 1. The highest BCUT2D eigenvalue weighted by atomic mass is 16.5. The van der Waals surface area contributed by atoms with Crippen LogP contribution in [0.4, 0.5) is 0 Å². The lowest BCUT2D eigenvalue weighted by atomic mass is 9.95. The molecule has 0 radical (unpaired) electrons. The Morgan fingerprint density at radius 3 is 2.52 bits per heavy atom. The molecule has 1 amide bonds. The summed E-state index contributed by atoms with van der Waals surface area (Å²) in [7, 11) is 1.57. The summed E-state index contributed by atoms with van der Waals surface area (Å²) in [6.45, 7) is 3.90. The van der Waals surface area contributed by atoms with Crippen molar-refractivity contribution < 1.29 is 24.2 Å². The first-order chi connectivity index (χ1) is 15.1. The molecule has 1 unspecified atom stereocenters. The standard InChI is InChI=1S/C24H26N2O5/c1-30-19-9-5-8-18(16-19)21-20(22(27)17-6-3-2-4-7-17)23(28)24(29)26(21)11-10-25-12-14-31-15-13-25/h2-9,16,21,27H,10-15H2,1H3/b22-20-. The van der Waals surface area contributed by atoms with Gasteiger partial charge in [-0.25, -0.2) is 0 Å². The second-order valence-electron chi connectivity index (χ2n) is 7.59. The van der Waals surface area contributed by atoms with Crippen LogP contribution in [-0.4, -0.2) is 73.1 Å². The summed E-state index contributed by atoms with van der Waals surface area (Å²) >= 11 is 0. The van der Waals surface area contributed by atoms with Gasteiger partial charge in [0.05, 0.1) is 31.9 Å². The Kier molecular flexibility index (Phi) is 6.34. The Balaban J connectivity index is 1.74. The predicted octanol–water partition coefficient (Wildman–Crippen LogP) is 2.45. The van der Waals surface area contributed by atoms with Crippen LogP contribution in [0.5, 0.6) is 5.75 Å². The lowest BCUT2D eigenvalue weighted by Gasteiger charge is -2.31. The first kappa shape index (κ1) is 21.1. The molecule has 7 nitrogen and oxygen atoms in total. The van der Waals surface area contributed by atoms with Gasteiger partial charge in [0, 0.05) is 31.7 Å². The molecule has 162 valence electrons. The molecule has 2 aromatic rings. The Morgan fingerprint density at radius 1 is 1.06 bits per heavy atom. The van der Waals surface area contributed by atoms with E-state index in [0.29, 0.717) is 37.6 Å². The summed E-state index contributed by atoms with van der Waals surface area (Å²) in [6.07, 6.45) is 0. The van der Waals surface area contributed by atoms with E-state index in [1.165, 1.54) is 0 Å². The number of ketones is 1. The van der Waals surface area contributed by atoms with Crippen LogP contribution < -0.4 is 4.74 Å². The van der Waals surface area contributed by atoms with Crippen molar-refractivity contribution >= 4 is 17.4 Å². The summed E-state index contributed by atoms with van der Waals surface area (Å²) < 4.78 is 10.7. The zero-order chi connectivity index (χ0) is 21.8. The summed E-state index contributed by atoms with van der Waals surface area (Å²) in [5.74, 6) is -0.814. The molecule has 0 saturated carbocycles.